The normalized spacial score (nSPS) is 14.4. The molecule has 0 amide bonds. The molecule has 0 radical (unpaired) electrons. The highest BCUT2D eigenvalue weighted by atomic mass is 32.1. The molecule has 1 aromatic heterocycles. The molecule has 0 saturated carbocycles. The van der Waals surface area contributed by atoms with Crippen molar-refractivity contribution in [1.82, 2.24) is 0 Å². The molecule has 178 valence electrons. The number of rotatable bonds is 6. The van der Waals surface area contributed by atoms with Gasteiger partial charge in [-0.1, -0.05) is 36.4 Å². The molecular weight excluding hydrogens is 479 g/mol. The van der Waals surface area contributed by atoms with E-state index in [0.29, 0.717) is 28.7 Å². The third-order valence-electron chi connectivity index (χ3n) is 5.66. The van der Waals surface area contributed by atoms with Crippen molar-refractivity contribution in [2.45, 2.75) is 12.5 Å². The Morgan fingerprint density at radius 1 is 1.06 bits per heavy atom. The Balaban J connectivity index is 1.38. The molecule has 36 heavy (non-hydrogen) atoms. The van der Waals surface area contributed by atoms with Crippen LogP contribution < -0.4 is 19.9 Å². The van der Waals surface area contributed by atoms with Gasteiger partial charge in [0.1, 0.15) is 46.2 Å². The number of nitriles is 1. The summed E-state index contributed by atoms with van der Waals surface area (Å²) in [7, 11) is 0. The monoisotopic (exact) mass is 498 g/mol. The second-order valence-corrected chi connectivity index (χ2v) is 8.92. The first-order valence-corrected chi connectivity index (χ1v) is 11.8. The fourth-order valence-corrected chi connectivity index (χ4v) is 4.50. The topological polar surface area (TPSA) is 94.6 Å². The zero-order chi connectivity index (χ0) is 25.1. The van der Waals surface area contributed by atoms with Gasteiger partial charge >= 0.3 is 5.97 Å². The van der Waals surface area contributed by atoms with Crippen LogP contribution in [0.15, 0.2) is 95.7 Å². The lowest BCUT2D eigenvalue weighted by atomic mass is 9.83. The maximum atomic E-state index is 13.1. The molecule has 5 rings (SSSR count). The number of ether oxygens (including phenoxy) is 3. The van der Waals surface area contributed by atoms with E-state index in [1.54, 1.807) is 60.0 Å². The van der Waals surface area contributed by atoms with Gasteiger partial charge in [-0.05, 0) is 52.9 Å². The highest BCUT2D eigenvalue weighted by Gasteiger charge is 2.31. The average molecular weight is 499 g/mol. The first-order chi connectivity index (χ1) is 17.5. The lowest BCUT2D eigenvalue weighted by Gasteiger charge is -2.26. The van der Waals surface area contributed by atoms with Gasteiger partial charge in [-0.25, -0.2) is 9.18 Å². The summed E-state index contributed by atoms with van der Waals surface area (Å²) >= 11 is 1.29. The number of esters is 1. The second-order valence-electron chi connectivity index (χ2n) is 7.98. The summed E-state index contributed by atoms with van der Waals surface area (Å²) in [5.41, 5.74) is 8.75. The van der Waals surface area contributed by atoms with Gasteiger partial charge in [0.25, 0.3) is 0 Å². The zero-order valence-electron chi connectivity index (χ0n) is 18.8. The number of benzene rings is 3. The molecule has 3 aromatic carbocycles. The number of thiophene rings is 1. The molecule has 2 heterocycles. The lowest BCUT2D eigenvalue weighted by molar-refractivity contribution is 0.0739. The van der Waals surface area contributed by atoms with Crippen molar-refractivity contribution in [3.05, 3.63) is 123 Å². The molecule has 0 spiro atoms. The number of carbonyl (C=O) groups is 1. The molecule has 6 nitrogen and oxygen atoms in total. The minimum absolute atomic E-state index is 0.00614. The molecule has 1 atom stereocenters. The third-order valence-corrected chi connectivity index (χ3v) is 6.51. The Hall–Kier alpha value is -4.61. The first-order valence-electron chi connectivity index (χ1n) is 11.0. The molecule has 2 N–H and O–H groups in total. The van der Waals surface area contributed by atoms with Crippen molar-refractivity contribution in [1.29, 1.82) is 5.26 Å². The Kier molecular flexibility index (Phi) is 6.39. The van der Waals surface area contributed by atoms with Gasteiger partial charge in [-0.15, -0.1) is 11.3 Å². The molecule has 1 unspecified atom stereocenters. The zero-order valence-corrected chi connectivity index (χ0v) is 19.6. The van der Waals surface area contributed by atoms with E-state index in [2.05, 4.69) is 6.07 Å². The maximum Gasteiger partial charge on any atom is 0.353 e. The van der Waals surface area contributed by atoms with E-state index >= 15 is 0 Å². The number of nitrogens with two attached hydrogens (primary N) is 1. The minimum Gasteiger partial charge on any atom is -0.489 e. The van der Waals surface area contributed by atoms with E-state index in [1.165, 1.54) is 23.5 Å². The van der Waals surface area contributed by atoms with Crippen LogP contribution in [-0.4, -0.2) is 5.97 Å². The maximum absolute atomic E-state index is 13.1. The molecular formula is C28H19FN2O4S. The number of fused-ring (bicyclic) bond motifs is 1. The van der Waals surface area contributed by atoms with Gasteiger partial charge in [0, 0.05) is 11.6 Å². The van der Waals surface area contributed by atoms with Crippen molar-refractivity contribution >= 4 is 17.3 Å². The molecule has 8 heteroatoms. The summed E-state index contributed by atoms with van der Waals surface area (Å²) in [5.74, 6) is 0.110. The molecule has 1 aliphatic rings. The van der Waals surface area contributed by atoms with E-state index in [4.69, 9.17) is 19.9 Å². The molecule has 0 bridgehead atoms. The quantitative estimate of drug-likeness (QED) is 0.263. The fourth-order valence-electron chi connectivity index (χ4n) is 3.90. The summed E-state index contributed by atoms with van der Waals surface area (Å²) in [6, 6.07) is 24.1. The Bertz CT molecular complexity index is 1470. The smallest absolute Gasteiger partial charge is 0.353 e. The van der Waals surface area contributed by atoms with Gasteiger partial charge in [-0.3, -0.25) is 0 Å². The number of nitrogens with zero attached hydrogens (tertiary/aromatic N) is 1. The van der Waals surface area contributed by atoms with E-state index in [0.717, 1.165) is 16.7 Å². The summed E-state index contributed by atoms with van der Waals surface area (Å²) in [4.78, 5) is 12.8. The third kappa shape index (κ3) is 4.78. The van der Waals surface area contributed by atoms with Crippen molar-refractivity contribution in [3.8, 4) is 23.3 Å². The largest absolute Gasteiger partial charge is 0.489 e. The average Bonchev–Trinajstić information content (AvgIpc) is 3.43. The highest BCUT2D eigenvalue weighted by molar-refractivity contribution is 7.12. The van der Waals surface area contributed by atoms with Crippen LogP contribution in [0.3, 0.4) is 0 Å². The van der Waals surface area contributed by atoms with Crippen molar-refractivity contribution in [2.75, 3.05) is 0 Å². The number of allylic oxidation sites excluding steroid dienone is 1. The number of halogens is 1. The van der Waals surface area contributed by atoms with E-state index in [9.17, 15) is 14.4 Å². The molecule has 0 fully saturated rings. The molecule has 0 aliphatic carbocycles. The lowest BCUT2D eigenvalue weighted by Crippen LogP contribution is -2.21. The SMILES string of the molecule is N#CC1=C(N)Oc2cc(OC(=O)c3cccs3)ccc2C1c1ccc(OCc2ccc(F)cc2)cc1. The van der Waals surface area contributed by atoms with Crippen LogP contribution in [0.25, 0.3) is 0 Å². The summed E-state index contributed by atoms with van der Waals surface area (Å²) < 4.78 is 30.1. The van der Waals surface area contributed by atoms with Gasteiger partial charge in [0.05, 0.1) is 5.92 Å². The summed E-state index contributed by atoms with van der Waals surface area (Å²) in [6.45, 7) is 0.295. The van der Waals surface area contributed by atoms with E-state index < -0.39 is 11.9 Å². The minimum atomic E-state index is -0.466. The number of hydrogen-bond acceptors (Lipinski definition) is 7. The predicted molar refractivity (Wildman–Crippen MR) is 132 cm³/mol. The van der Waals surface area contributed by atoms with Crippen LogP contribution in [0.2, 0.25) is 0 Å². The van der Waals surface area contributed by atoms with Crippen LogP contribution in [0, 0.1) is 17.1 Å². The fraction of sp³-hybridized carbons (Fsp3) is 0.0714. The summed E-state index contributed by atoms with van der Waals surface area (Å²) in [6.07, 6.45) is 0. The van der Waals surface area contributed by atoms with E-state index in [-0.39, 0.29) is 17.3 Å². The van der Waals surface area contributed by atoms with Crippen LogP contribution in [0.1, 0.15) is 32.3 Å². The molecule has 4 aromatic rings. The standard InChI is InChI=1S/C28H19FN2O4S/c29-19-7-3-17(4-8-19)16-33-20-9-5-18(6-10-20)26-22-12-11-21(34-28(32)25-2-1-13-36-25)14-24(22)35-27(31)23(26)15-30/h1-14,26H,16,31H2. The van der Waals surface area contributed by atoms with Gasteiger partial charge < -0.3 is 19.9 Å². The first kappa shape index (κ1) is 23.1. The summed E-state index contributed by atoms with van der Waals surface area (Å²) in [5, 5.41) is 11.6. The Labute approximate surface area is 210 Å². The van der Waals surface area contributed by atoms with Gasteiger partial charge in [-0.2, -0.15) is 5.26 Å². The van der Waals surface area contributed by atoms with Crippen LogP contribution in [0.4, 0.5) is 4.39 Å². The highest BCUT2D eigenvalue weighted by Crippen LogP contribution is 2.43. The Morgan fingerprint density at radius 2 is 1.81 bits per heavy atom. The predicted octanol–water partition coefficient (Wildman–Crippen LogP) is 5.90. The van der Waals surface area contributed by atoms with Crippen molar-refractivity contribution in [3.63, 3.8) is 0 Å². The van der Waals surface area contributed by atoms with Crippen molar-refractivity contribution in [2.24, 2.45) is 5.73 Å². The second kappa shape index (κ2) is 9.94. The molecule has 0 saturated heterocycles. The Morgan fingerprint density at radius 3 is 2.50 bits per heavy atom. The van der Waals surface area contributed by atoms with Crippen LogP contribution in [0.5, 0.6) is 17.2 Å². The number of carbonyl (C=O) groups excluding carboxylic acids is 1. The van der Waals surface area contributed by atoms with Crippen LogP contribution >= 0.6 is 11.3 Å². The van der Waals surface area contributed by atoms with E-state index in [1.807, 2.05) is 12.1 Å². The van der Waals surface area contributed by atoms with Crippen molar-refractivity contribution < 1.29 is 23.4 Å². The van der Waals surface area contributed by atoms with Gasteiger partial charge in [0.15, 0.2) is 0 Å². The molecule has 1 aliphatic heterocycles. The van der Waals surface area contributed by atoms with Crippen LogP contribution in [-0.2, 0) is 6.61 Å². The number of hydrogen-bond donors (Lipinski definition) is 1. The van der Waals surface area contributed by atoms with Gasteiger partial charge in [0.2, 0.25) is 5.88 Å².